The van der Waals surface area contributed by atoms with E-state index in [1.54, 1.807) is 0 Å². The van der Waals surface area contributed by atoms with Gasteiger partial charge in [0.25, 0.3) is 0 Å². The average Bonchev–Trinajstić information content (AvgIpc) is 2.43. The van der Waals surface area contributed by atoms with E-state index in [9.17, 15) is 0 Å². The van der Waals surface area contributed by atoms with Crippen molar-refractivity contribution in [3.05, 3.63) is 17.0 Å². The minimum absolute atomic E-state index is 0.534. The van der Waals surface area contributed by atoms with Crippen LogP contribution < -0.4 is 0 Å². The Kier molecular flexibility index (Phi) is 1.66. The number of aliphatic imine (C=N–C) groups is 1. The summed E-state index contributed by atoms with van der Waals surface area (Å²) in [6.45, 7) is 2.65. The molecular weight excluding hydrogens is 164 g/mol. The van der Waals surface area contributed by atoms with Crippen molar-refractivity contribution in [3.63, 3.8) is 0 Å². The van der Waals surface area contributed by atoms with E-state index >= 15 is 0 Å². The molecule has 66 valence electrons. The predicted molar refractivity (Wildman–Crippen MR) is 48.7 cm³/mol. The highest BCUT2D eigenvalue weighted by atomic mass is 15.3. The van der Waals surface area contributed by atoms with Gasteiger partial charge >= 0.3 is 0 Å². The van der Waals surface area contributed by atoms with Crippen molar-refractivity contribution in [2.75, 3.05) is 6.54 Å². The minimum Gasteiger partial charge on any atom is -0.273 e. The monoisotopic (exact) mass is 174 g/mol. The third-order valence-electron chi connectivity index (χ3n) is 2.37. The maximum absolute atomic E-state index is 8.85. The molecule has 4 nitrogen and oxygen atoms in total. The predicted octanol–water partition coefficient (Wildman–Crippen LogP) is 0.597. The maximum atomic E-state index is 8.85. The summed E-state index contributed by atoms with van der Waals surface area (Å²) in [7, 11) is 1.89. The van der Waals surface area contributed by atoms with Crippen LogP contribution in [0.3, 0.4) is 0 Å². The Morgan fingerprint density at radius 1 is 1.54 bits per heavy atom. The quantitative estimate of drug-likeness (QED) is 0.578. The zero-order valence-electron chi connectivity index (χ0n) is 7.70. The summed E-state index contributed by atoms with van der Waals surface area (Å²) >= 11 is 0. The highest BCUT2D eigenvalue weighted by Crippen LogP contribution is 2.18. The van der Waals surface area contributed by atoms with Crippen LogP contribution in [0.2, 0.25) is 0 Å². The third-order valence-corrected chi connectivity index (χ3v) is 2.37. The average molecular weight is 174 g/mol. The van der Waals surface area contributed by atoms with E-state index in [1.165, 1.54) is 0 Å². The fourth-order valence-corrected chi connectivity index (χ4v) is 1.60. The third kappa shape index (κ3) is 1.04. The first-order valence-corrected chi connectivity index (χ1v) is 4.21. The lowest BCUT2D eigenvalue weighted by molar-refractivity contribution is 0.719. The van der Waals surface area contributed by atoms with E-state index in [4.69, 9.17) is 5.26 Å². The Morgan fingerprint density at radius 2 is 2.31 bits per heavy atom. The summed E-state index contributed by atoms with van der Waals surface area (Å²) in [5.74, 6) is 0. The van der Waals surface area contributed by atoms with E-state index in [-0.39, 0.29) is 0 Å². The van der Waals surface area contributed by atoms with Gasteiger partial charge in [0.2, 0.25) is 0 Å². The highest BCUT2D eigenvalue weighted by molar-refractivity contribution is 6.13. The molecule has 0 aliphatic carbocycles. The van der Waals surface area contributed by atoms with Crippen molar-refractivity contribution >= 4 is 5.71 Å². The molecule has 0 fully saturated rings. The molecule has 0 N–H and O–H groups in total. The summed E-state index contributed by atoms with van der Waals surface area (Å²) in [5, 5.41) is 13.2. The number of nitrogens with zero attached hydrogens (tertiary/aromatic N) is 4. The molecule has 4 heteroatoms. The highest BCUT2D eigenvalue weighted by Gasteiger charge is 2.20. The summed E-state index contributed by atoms with van der Waals surface area (Å²) < 4.78 is 1.81. The zero-order chi connectivity index (χ0) is 9.42. The van der Waals surface area contributed by atoms with Gasteiger partial charge in [-0.2, -0.15) is 10.4 Å². The number of aromatic nitrogens is 2. The largest absolute Gasteiger partial charge is 0.273 e. The molecule has 13 heavy (non-hydrogen) atoms. The lowest BCUT2D eigenvalue weighted by Gasteiger charge is -2.05. The summed E-state index contributed by atoms with van der Waals surface area (Å²) in [4.78, 5) is 4.17. The molecule has 1 aliphatic rings. The van der Waals surface area contributed by atoms with Crippen molar-refractivity contribution in [3.8, 4) is 6.07 Å². The van der Waals surface area contributed by atoms with Gasteiger partial charge in [-0.1, -0.05) is 0 Å². The van der Waals surface area contributed by atoms with Gasteiger partial charge in [0.15, 0.2) is 0 Å². The summed E-state index contributed by atoms with van der Waals surface area (Å²) in [6, 6.07) is 2.11. The Morgan fingerprint density at radius 3 is 3.00 bits per heavy atom. The molecule has 1 aromatic rings. The fraction of sp³-hybridized carbons (Fsp3) is 0.444. The molecule has 1 aromatic heterocycles. The van der Waals surface area contributed by atoms with Gasteiger partial charge in [-0.05, 0) is 6.92 Å². The molecule has 0 unspecified atom stereocenters. The van der Waals surface area contributed by atoms with Crippen molar-refractivity contribution in [2.45, 2.75) is 13.3 Å². The van der Waals surface area contributed by atoms with E-state index in [0.29, 0.717) is 12.3 Å². The van der Waals surface area contributed by atoms with Crippen LogP contribution in [-0.4, -0.2) is 22.0 Å². The number of hydrogen-bond acceptors (Lipinski definition) is 3. The smallest absolute Gasteiger partial charge is 0.146 e. The summed E-state index contributed by atoms with van der Waals surface area (Å²) in [5.41, 5.74) is 3.50. The molecule has 1 aliphatic heterocycles. The maximum Gasteiger partial charge on any atom is 0.146 e. The number of nitriles is 1. The first-order chi connectivity index (χ1) is 6.24. The van der Waals surface area contributed by atoms with Crippen molar-refractivity contribution < 1.29 is 0 Å². The molecule has 2 rings (SSSR count). The van der Waals surface area contributed by atoms with Gasteiger partial charge in [-0.25, -0.2) is 0 Å². The van der Waals surface area contributed by atoms with Gasteiger partial charge in [-0.15, -0.1) is 0 Å². The fourth-order valence-electron chi connectivity index (χ4n) is 1.60. The second-order valence-corrected chi connectivity index (χ2v) is 3.12. The number of fused-ring (bicyclic) bond motifs is 1. The van der Waals surface area contributed by atoms with E-state index in [1.807, 2.05) is 18.7 Å². The first kappa shape index (κ1) is 7.99. The summed E-state index contributed by atoms with van der Waals surface area (Å²) in [6.07, 6.45) is 0.849. The van der Waals surface area contributed by atoms with Crippen LogP contribution in [0.4, 0.5) is 0 Å². The van der Waals surface area contributed by atoms with E-state index in [2.05, 4.69) is 16.2 Å². The van der Waals surface area contributed by atoms with Crippen LogP contribution in [0.5, 0.6) is 0 Å². The van der Waals surface area contributed by atoms with Crippen LogP contribution in [0.25, 0.3) is 0 Å². The van der Waals surface area contributed by atoms with Gasteiger partial charge < -0.3 is 0 Å². The molecule has 0 bridgehead atoms. The Bertz CT molecular complexity index is 420. The molecule has 0 aromatic carbocycles. The van der Waals surface area contributed by atoms with Gasteiger partial charge in [0.1, 0.15) is 11.8 Å². The zero-order valence-corrected chi connectivity index (χ0v) is 7.70. The molecule has 0 saturated heterocycles. The van der Waals surface area contributed by atoms with Gasteiger partial charge in [0.05, 0.1) is 11.3 Å². The molecule has 0 atom stereocenters. The van der Waals surface area contributed by atoms with Crippen molar-refractivity contribution in [1.82, 2.24) is 9.78 Å². The normalized spacial score (nSPS) is 14.7. The van der Waals surface area contributed by atoms with Gasteiger partial charge in [-0.3, -0.25) is 9.67 Å². The van der Waals surface area contributed by atoms with E-state index < -0.39 is 0 Å². The van der Waals surface area contributed by atoms with E-state index in [0.717, 1.165) is 23.4 Å². The molecule has 2 heterocycles. The number of rotatable bonds is 0. The van der Waals surface area contributed by atoms with Crippen LogP contribution >= 0.6 is 0 Å². The van der Waals surface area contributed by atoms with Crippen LogP contribution in [0, 0.1) is 18.3 Å². The number of aryl methyl sites for hydroxylation is 1. The lowest BCUT2D eigenvalue weighted by atomic mass is 10.0. The Hall–Kier alpha value is -1.63. The SMILES string of the molecule is Cc1c2c(nn1C)CCN=C2C#N. The molecule has 0 saturated carbocycles. The van der Waals surface area contributed by atoms with Gasteiger partial charge in [0, 0.05) is 25.7 Å². The topological polar surface area (TPSA) is 54.0 Å². The Labute approximate surface area is 76.5 Å². The van der Waals surface area contributed by atoms with Crippen molar-refractivity contribution in [2.24, 2.45) is 12.0 Å². The number of hydrogen-bond donors (Lipinski definition) is 0. The van der Waals surface area contributed by atoms with Crippen LogP contribution in [0.15, 0.2) is 4.99 Å². The molecule has 0 radical (unpaired) electrons. The van der Waals surface area contributed by atoms with Crippen LogP contribution in [0.1, 0.15) is 17.0 Å². The van der Waals surface area contributed by atoms with Crippen LogP contribution in [-0.2, 0) is 13.5 Å². The standard InChI is InChI=1S/C9H10N4/c1-6-9-7(12-13(6)2)3-4-11-8(9)5-10/h3-4H2,1-2H3. The lowest BCUT2D eigenvalue weighted by Crippen LogP contribution is -2.10. The molecule has 0 spiro atoms. The minimum atomic E-state index is 0.534. The first-order valence-electron chi connectivity index (χ1n) is 4.21. The molecule has 0 amide bonds. The van der Waals surface area contributed by atoms with Crippen molar-refractivity contribution in [1.29, 1.82) is 5.26 Å². The second-order valence-electron chi connectivity index (χ2n) is 3.12. The second kappa shape index (κ2) is 2.70. The Balaban J connectivity index is 2.66. The molecular formula is C9H10N4.